The molecule has 1 saturated heterocycles. The molecule has 3 aromatic rings. The zero-order valence-corrected chi connectivity index (χ0v) is 21.3. The summed E-state index contributed by atoms with van der Waals surface area (Å²) in [6.07, 6.45) is 6.62. The van der Waals surface area contributed by atoms with Crippen LogP contribution in [0.2, 0.25) is 0 Å². The van der Waals surface area contributed by atoms with E-state index in [1.54, 1.807) is 11.3 Å². The second kappa shape index (κ2) is 10.3. The normalized spacial score (nSPS) is 24.5. The third-order valence-electron chi connectivity index (χ3n) is 7.72. The van der Waals surface area contributed by atoms with Crippen LogP contribution in [0.5, 0.6) is 5.88 Å². The Hall–Kier alpha value is -2.75. The van der Waals surface area contributed by atoms with Gasteiger partial charge in [0.2, 0.25) is 17.7 Å². The third-order valence-corrected chi connectivity index (χ3v) is 8.88. The molecule has 1 amide bonds. The quantitative estimate of drug-likeness (QED) is 0.490. The number of anilines is 2. The highest BCUT2D eigenvalue weighted by molar-refractivity contribution is 7.19. The fraction of sp³-hybridized carbons (Fsp3) is 0.519. The Balaban J connectivity index is 1.28. The van der Waals surface area contributed by atoms with E-state index in [1.165, 1.54) is 10.4 Å². The molecule has 8 nitrogen and oxygen atoms in total. The lowest BCUT2D eigenvalue weighted by Crippen LogP contribution is -2.46. The molecule has 1 aromatic carbocycles. The fourth-order valence-corrected chi connectivity index (χ4v) is 7.23. The van der Waals surface area contributed by atoms with Gasteiger partial charge in [-0.1, -0.05) is 18.2 Å². The lowest BCUT2D eigenvalue weighted by atomic mass is 9.91. The number of nitrogens with two attached hydrogens (primary N) is 1. The van der Waals surface area contributed by atoms with Crippen LogP contribution in [0.1, 0.15) is 54.9 Å². The first-order valence-corrected chi connectivity index (χ1v) is 13.9. The maximum absolute atomic E-state index is 11.8. The summed E-state index contributed by atoms with van der Waals surface area (Å²) in [4.78, 5) is 26.3. The van der Waals surface area contributed by atoms with Gasteiger partial charge in [-0.2, -0.15) is 4.98 Å². The molecule has 1 atom stereocenters. The van der Waals surface area contributed by atoms with Crippen LogP contribution in [0.25, 0.3) is 10.2 Å². The monoisotopic (exact) mass is 507 g/mol. The molecule has 9 heteroatoms. The van der Waals surface area contributed by atoms with Crippen molar-refractivity contribution in [2.45, 2.75) is 63.0 Å². The summed E-state index contributed by atoms with van der Waals surface area (Å²) in [5, 5.41) is 4.32. The van der Waals surface area contributed by atoms with Crippen LogP contribution in [-0.2, 0) is 16.0 Å². The molecule has 3 N–H and O–H groups in total. The Labute approximate surface area is 215 Å². The molecule has 2 aliphatic carbocycles. The summed E-state index contributed by atoms with van der Waals surface area (Å²) < 4.78 is 12.2. The van der Waals surface area contributed by atoms with E-state index in [0.29, 0.717) is 24.3 Å². The van der Waals surface area contributed by atoms with Crippen LogP contribution < -0.4 is 15.8 Å². The highest BCUT2D eigenvalue weighted by Crippen LogP contribution is 2.48. The molecule has 6 rings (SSSR count). The van der Waals surface area contributed by atoms with Crippen molar-refractivity contribution in [2.75, 3.05) is 31.6 Å². The topological polar surface area (TPSA) is 103 Å². The van der Waals surface area contributed by atoms with E-state index in [-0.39, 0.29) is 17.9 Å². The molecular weight excluding hydrogens is 474 g/mol. The number of nitrogens with zero attached hydrogens (tertiary/aromatic N) is 3. The predicted molar refractivity (Wildman–Crippen MR) is 141 cm³/mol. The minimum atomic E-state index is -0.264. The summed E-state index contributed by atoms with van der Waals surface area (Å²) in [6, 6.07) is 10.6. The second-order valence-corrected chi connectivity index (χ2v) is 11.1. The lowest BCUT2D eigenvalue weighted by molar-refractivity contribution is -0.118. The van der Waals surface area contributed by atoms with Crippen LogP contribution in [0.15, 0.2) is 30.3 Å². The van der Waals surface area contributed by atoms with Crippen LogP contribution in [0.3, 0.4) is 0 Å². The van der Waals surface area contributed by atoms with Crippen molar-refractivity contribution < 1.29 is 14.3 Å². The van der Waals surface area contributed by atoms with Gasteiger partial charge in [-0.25, -0.2) is 4.98 Å². The standard InChI is InChI=1S/C27H33N5O3S/c28-22(33)16-17-6-11-21-23(17)24-25(30-27(31-26(24)36-21)29-18-4-2-1-3-5-18)35-20-9-7-19(8-10-20)32-12-14-34-15-13-32/h1-5,17,19-20H,6-16H2,(H2,28,33)(H,29,30,31). The van der Waals surface area contributed by atoms with Gasteiger partial charge in [-0.3, -0.25) is 9.69 Å². The number of thiophene rings is 1. The van der Waals surface area contributed by atoms with Crippen molar-refractivity contribution in [2.24, 2.45) is 5.73 Å². The molecule has 1 aliphatic heterocycles. The first-order valence-electron chi connectivity index (χ1n) is 13.1. The van der Waals surface area contributed by atoms with Gasteiger partial charge in [0, 0.05) is 36.1 Å². The minimum Gasteiger partial charge on any atom is -0.474 e. The number of ether oxygens (including phenoxy) is 2. The van der Waals surface area contributed by atoms with Gasteiger partial charge in [0.1, 0.15) is 10.9 Å². The molecule has 3 heterocycles. The summed E-state index contributed by atoms with van der Waals surface area (Å²) in [7, 11) is 0. The van der Waals surface area contributed by atoms with Gasteiger partial charge in [-0.05, 0) is 62.1 Å². The van der Waals surface area contributed by atoms with Crippen LogP contribution >= 0.6 is 11.3 Å². The van der Waals surface area contributed by atoms with E-state index < -0.39 is 0 Å². The summed E-state index contributed by atoms with van der Waals surface area (Å²) in [5.74, 6) is 1.03. The molecule has 3 aliphatic rings. The number of rotatable bonds is 7. The number of benzene rings is 1. The predicted octanol–water partition coefficient (Wildman–Crippen LogP) is 4.36. The number of para-hydroxylation sites is 1. The van der Waals surface area contributed by atoms with Crippen molar-refractivity contribution >= 4 is 39.1 Å². The van der Waals surface area contributed by atoms with Gasteiger partial charge in [0.15, 0.2) is 0 Å². The van der Waals surface area contributed by atoms with E-state index in [2.05, 4.69) is 10.2 Å². The van der Waals surface area contributed by atoms with Gasteiger partial charge >= 0.3 is 0 Å². The van der Waals surface area contributed by atoms with E-state index in [1.807, 2.05) is 30.3 Å². The van der Waals surface area contributed by atoms with Gasteiger partial charge in [0.25, 0.3) is 0 Å². The average molecular weight is 508 g/mol. The Morgan fingerprint density at radius 3 is 2.64 bits per heavy atom. The maximum atomic E-state index is 11.8. The first kappa shape index (κ1) is 23.6. The number of primary amides is 1. The van der Waals surface area contributed by atoms with E-state index in [0.717, 1.165) is 80.7 Å². The number of carbonyl (C=O) groups excluding carboxylic acids is 1. The highest BCUT2D eigenvalue weighted by atomic mass is 32.1. The molecular formula is C27H33N5O3S. The van der Waals surface area contributed by atoms with Gasteiger partial charge in [0.05, 0.1) is 18.6 Å². The second-order valence-electron chi connectivity index (χ2n) is 10.1. The minimum absolute atomic E-state index is 0.113. The summed E-state index contributed by atoms with van der Waals surface area (Å²) in [6.45, 7) is 3.73. The van der Waals surface area contributed by atoms with Crippen LogP contribution in [0.4, 0.5) is 11.6 Å². The number of hydrogen-bond donors (Lipinski definition) is 2. The van der Waals surface area contributed by atoms with Crippen LogP contribution in [0, 0.1) is 0 Å². The summed E-state index contributed by atoms with van der Waals surface area (Å²) >= 11 is 1.70. The number of fused-ring (bicyclic) bond motifs is 3. The van der Waals surface area contributed by atoms with Gasteiger partial charge in [-0.15, -0.1) is 11.3 Å². The number of aryl methyl sites for hydroxylation is 1. The SMILES string of the molecule is NC(=O)CC1CCc2sc3nc(Nc4ccccc4)nc(OC4CCC(N5CCOCC5)CC4)c3c21. The fourth-order valence-electron chi connectivity index (χ4n) is 5.97. The largest absolute Gasteiger partial charge is 0.474 e. The molecule has 0 radical (unpaired) electrons. The highest BCUT2D eigenvalue weighted by Gasteiger charge is 2.33. The molecule has 190 valence electrons. The zero-order chi connectivity index (χ0) is 24.5. The van der Waals surface area contributed by atoms with Crippen LogP contribution in [-0.4, -0.2) is 59.2 Å². The number of hydrogen-bond acceptors (Lipinski definition) is 8. The Morgan fingerprint density at radius 2 is 1.89 bits per heavy atom. The Kier molecular flexibility index (Phi) is 6.77. The molecule has 1 saturated carbocycles. The van der Waals surface area contributed by atoms with E-state index >= 15 is 0 Å². The van der Waals surface area contributed by atoms with Crippen molar-refractivity contribution in [3.8, 4) is 5.88 Å². The number of morpholine rings is 1. The average Bonchev–Trinajstić information content (AvgIpc) is 3.45. The number of nitrogens with one attached hydrogen (secondary N) is 1. The van der Waals surface area contributed by atoms with Crippen molar-refractivity contribution in [1.29, 1.82) is 0 Å². The first-order chi connectivity index (χ1) is 17.6. The number of aromatic nitrogens is 2. The van der Waals surface area contributed by atoms with Gasteiger partial charge < -0.3 is 20.5 Å². The third kappa shape index (κ3) is 4.92. The maximum Gasteiger partial charge on any atom is 0.231 e. The molecule has 36 heavy (non-hydrogen) atoms. The van der Waals surface area contributed by atoms with Crippen molar-refractivity contribution in [3.05, 3.63) is 40.8 Å². The number of amides is 1. The molecule has 2 fully saturated rings. The molecule has 0 spiro atoms. The molecule has 2 aromatic heterocycles. The molecule has 0 bridgehead atoms. The number of carbonyl (C=O) groups is 1. The van der Waals surface area contributed by atoms with E-state index in [4.69, 9.17) is 25.2 Å². The molecule has 1 unspecified atom stereocenters. The lowest BCUT2D eigenvalue weighted by Gasteiger charge is -2.38. The Morgan fingerprint density at radius 1 is 1.11 bits per heavy atom. The zero-order valence-electron chi connectivity index (χ0n) is 20.4. The van der Waals surface area contributed by atoms with Crippen molar-refractivity contribution in [3.63, 3.8) is 0 Å². The smallest absolute Gasteiger partial charge is 0.231 e. The summed E-state index contributed by atoms with van der Waals surface area (Å²) in [5.41, 5.74) is 7.71. The Bertz CT molecular complexity index is 1220. The van der Waals surface area contributed by atoms with Crippen molar-refractivity contribution in [1.82, 2.24) is 14.9 Å². The van der Waals surface area contributed by atoms with E-state index in [9.17, 15) is 4.79 Å².